The van der Waals surface area contributed by atoms with Gasteiger partial charge in [-0.25, -0.2) is 0 Å². The summed E-state index contributed by atoms with van der Waals surface area (Å²) in [7, 11) is 0. The molecule has 6 heteroatoms. The Hall–Kier alpha value is -3.34. The third-order valence-corrected chi connectivity index (χ3v) is 10.0. The first-order valence-corrected chi connectivity index (χ1v) is 16.9. The summed E-state index contributed by atoms with van der Waals surface area (Å²) in [5.74, 6) is 0.875. The second-order valence-corrected chi connectivity index (χ2v) is 13.4. The molecule has 0 heterocycles. The minimum Gasteiger partial charge on any atom is -0.490 e. The summed E-state index contributed by atoms with van der Waals surface area (Å²) in [5, 5.41) is 4.39. The number of carbonyl (C=O) groups excluding carboxylic acids is 1. The Labute approximate surface area is 276 Å². The van der Waals surface area contributed by atoms with Gasteiger partial charge in [0.2, 0.25) is 5.91 Å². The number of amides is 1. The number of aryl methyl sites for hydroxylation is 1. The zero-order valence-corrected chi connectivity index (χ0v) is 27.2. The van der Waals surface area contributed by atoms with E-state index >= 15 is 0 Å². The molecule has 0 aliphatic heterocycles. The first-order valence-electron chi connectivity index (χ1n) is 16.2. The molecule has 0 aromatic heterocycles. The van der Waals surface area contributed by atoms with E-state index in [4.69, 9.17) is 27.9 Å². The number of hydrogen-bond donors (Lipinski definition) is 1. The second-order valence-electron chi connectivity index (χ2n) is 12.6. The van der Waals surface area contributed by atoms with Gasteiger partial charge < -0.3 is 10.1 Å². The third kappa shape index (κ3) is 7.23. The van der Waals surface area contributed by atoms with Crippen molar-refractivity contribution in [3.8, 4) is 5.75 Å². The molecule has 45 heavy (non-hydrogen) atoms. The lowest BCUT2D eigenvalue weighted by atomic mass is 9.87. The Morgan fingerprint density at radius 2 is 1.80 bits per heavy atom. The van der Waals surface area contributed by atoms with Crippen molar-refractivity contribution < 1.29 is 13.9 Å². The van der Waals surface area contributed by atoms with Crippen LogP contribution in [-0.4, -0.2) is 18.7 Å². The Morgan fingerprint density at radius 3 is 2.49 bits per heavy atom. The van der Waals surface area contributed by atoms with Gasteiger partial charge >= 0.3 is 0 Å². The smallest absolute Gasteiger partial charge is 0.234 e. The highest BCUT2D eigenvalue weighted by Gasteiger charge is 2.47. The zero-order valence-electron chi connectivity index (χ0n) is 25.6. The molecule has 1 atom stereocenters. The fourth-order valence-corrected chi connectivity index (χ4v) is 7.17. The summed E-state index contributed by atoms with van der Waals surface area (Å²) >= 11 is 13.1. The Balaban J connectivity index is 1.29. The topological polar surface area (TPSA) is 38.3 Å². The molecule has 3 aromatic carbocycles. The number of benzene rings is 3. The van der Waals surface area contributed by atoms with Crippen LogP contribution in [0.5, 0.6) is 5.75 Å². The first kappa shape index (κ1) is 31.6. The number of anilines is 1. The fourth-order valence-electron chi connectivity index (χ4n) is 6.65. The molecule has 1 fully saturated rings. The number of nitrogens with one attached hydrogen (secondary N) is 1. The van der Waals surface area contributed by atoms with Crippen LogP contribution in [-0.2, 0) is 11.2 Å². The first-order chi connectivity index (χ1) is 21.9. The highest BCUT2D eigenvalue weighted by molar-refractivity contribution is 6.36. The number of allylic oxidation sites excluding steroid dienone is 2. The molecule has 0 bridgehead atoms. The molecule has 3 aromatic rings. The third-order valence-electron chi connectivity index (χ3n) is 9.48. The van der Waals surface area contributed by atoms with Gasteiger partial charge in [-0.05, 0) is 134 Å². The largest absolute Gasteiger partial charge is 0.490 e. The lowest BCUT2D eigenvalue weighted by Gasteiger charge is -2.24. The van der Waals surface area contributed by atoms with Crippen LogP contribution in [0, 0.1) is 5.41 Å². The van der Waals surface area contributed by atoms with Crippen molar-refractivity contribution in [2.75, 3.05) is 12.0 Å². The van der Waals surface area contributed by atoms with Gasteiger partial charge in [0, 0.05) is 22.2 Å². The van der Waals surface area contributed by atoms with Gasteiger partial charge in [-0.2, -0.15) is 0 Å². The van der Waals surface area contributed by atoms with Gasteiger partial charge in [-0.3, -0.25) is 9.18 Å². The number of unbranched alkanes of at least 4 members (excludes halogenated alkanes) is 1. The number of ether oxygens (including phenoxy) is 1. The molecular formula is C39H40Cl2FNO2. The molecule has 3 nitrogen and oxygen atoms in total. The summed E-state index contributed by atoms with van der Waals surface area (Å²) < 4.78 is 18.9. The van der Waals surface area contributed by atoms with Gasteiger partial charge in [0.1, 0.15) is 11.9 Å². The average Bonchev–Trinajstić information content (AvgIpc) is 3.87. The number of fused-ring (bicyclic) bond motifs is 1. The minimum absolute atomic E-state index is 0.0209. The van der Waals surface area contributed by atoms with Gasteiger partial charge in [0.15, 0.2) is 0 Å². The van der Waals surface area contributed by atoms with Crippen molar-refractivity contribution in [3.63, 3.8) is 0 Å². The SMILES string of the molecule is C=CC1(C(=O)Nc2ccc3c(c2)CCCC(c2ccc(Cl)cc2Cl)=C3c2ccc(O[C@@H]3CC=C(CCCCF)CC3)cc2)CC1. The molecule has 0 spiro atoms. The molecule has 3 aliphatic rings. The molecule has 0 radical (unpaired) electrons. The van der Waals surface area contributed by atoms with E-state index in [1.807, 2.05) is 24.3 Å². The van der Waals surface area contributed by atoms with Crippen molar-refractivity contribution in [1.82, 2.24) is 0 Å². The van der Waals surface area contributed by atoms with Crippen LogP contribution in [0.2, 0.25) is 10.0 Å². The molecule has 1 saturated carbocycles. The lowest BCUT2D eigenvalue weighted by Crippen LogP contribution is -2.22. The van der Waals surface area contributed by atoms with Gasteiger partial charge in [-0.1, -0.05) is 65.2 Å². The summed E-state index contributed by atoms with van der Waals surface area (Å²) in [6.45, 7) is 3.65. The maximum absolute atomic E-state index is 13.0. The summed E-state index contributed by atoms with van der Waals surface area (Å²) in [6, 6.07) is 20.4. The molecule has 234 valence electrons. The minimum atomic E-state index is -0.424. The van der Waals surface area contributed by atoms with Crippen LogP contribution in [0.15, 0.2) is 85.0 Å². The molecule has 0 unspecified atom stereocenters. The Bertz CT molecular complexity index is 1640. The molecular weight excluding hydrogens is 604 g/mol. The van der Waals surface area contributed by atoms with Crippen LogP contribution in [0.3, 0.4) is 0 Å². The van der Waals surface area contributed by atoms with E-state index in [9.17, 15) is 9.18 Å². The fraction of sp³-hybridized carbons (Fsp3) is 0.359. The molecule has 6 rings (SSSR count). The van der Waals surface area contributed by atoms with Crippen LogP contribution in [0.1, 0.15) is 86.5 Å². The van der Waals surface area contributed by atoms with E-state index in [1.165, 1.54) is 16.7 Å². The van der Waals surface area contributed by atoms with Gasteiger partial charge in [0.05, 0.1) is 12.1 Å². The highest BCUT2D eigenvalue weighted by Crippen LogP contribution is 2.48. The summed E-state index contributed by atoms with van der Waals surface area (Å²) in [4.78, 5) is 13.0. The maximum Gasteiger partial charge on any atom is 0.234 e. The summed E-state index contributed by atoms with van der Waals surface area (Å²) in [6.07, 6.45) is 14.0. The van der Waals surface area contributed by atoms with Crippen LogP contribution in [0.25, 0.3) is 11.1 Å². The van der Waals surface area contributed by atoms with E-state index in [0.29, 0.717) is 16.5 Å². The molecule has 3 aliphatic carbocycles. The van der Waals surface area contributed by atoms with Crippen LogP contribution >= 0.6 is 23.2 Å². The predicted octanol–water partition coefficient (Wildman–Crippen LogP) is 11.2. The Morgan fingerprint density at radius 1 is 1.00 bits per heavy atom. The number of halogens is 3. The van der Waals surface area contributed by atoms with Crippen LogP contribution < -0.4 is 10.1 Å². The lowest BCUT2D eigenvalue weighted by molar-refractivity contribution is -0.119. The number of hydrogen-bond acceptors (Lipinski definition) is 2. The average molecular weight is 645 g/mol. The summed E-state index contributed by atoms with van der Waals surface area (Å²) in [5.41, 5.74) is 8.56. The van der Waals surface area contributed by atoms with E-state index in [2.05, 4.69) is 54.4 Å². The normalized spacial score (nSPS) is 18.8. The monoisotopic (exact) mass is 643 g/mol. The molecule has 1 N–H and O–H groups in total. The van der Waals surface area contributed by atoms with E-state index < -0.39 is 5.41 Å². The highest BCUT2D eigenvalue weighted by atomic mass is 35.5. The maximum atomic E-state index is 13.0. The van der Waals surface area contributed by atoms with Gasteiger partial charge in [0.25, 0.3) is 0 Å². The number of rotatable bonds is 11. The van der Waals surface area contributed by atoms with E-state index in [1.54, 1.807) is 6.08 Å². The van der Waals surface area contributed by atoms with E-state index in [0.717, 1.165) is 97.9 Å². The van der Waals surface area contributed by atoms with Crippen molar-refractivity contribution in [2.24, 2.45) is 5.41 Å². The van der Waals surface area contributed by atoms with E-state index in [-0.39, 0.29) is 18.7 Å². The van der Waals surface area contributed by atoms with Crippen molar-refractivity contribution in [2.45, 2.75) is 76.7 Å². The zero-order chi connectivity index (χ0) is 31.4. The van der Waals surface area contributed by atoms with Gasteiger partial charge in [-0.15, -0.1) is 6.58 Å². The number of carbonyl (C=O) groups is 1. The standard InChI is InChI=1S/C39H40Cl2FNO2/c1-2-39(21-22-39)38(44)43-30-14-20-33-28(24-30)7-5-8-35(34-19-13-29(40)25-36(34)41)37(33)27-11-17-32(18-12-27)45-31-15-9-26(10-16-31)6-3-4-23-42/h2,9,11-14,17-20,24-25,31H,1,3-8,10,15-16,21-23H2,(H,43,44)/t31-/m1/s1. The number of alkyl halides is 1. The predicted molar refractivity (Wildman–Crippen MR) is 185 cm³/mol. The van der Waals surface area contributed by atoms with Crippen LogP contribution in [0.4, 0.5) is 10.1 Å². The molecule has 0 saturated heterocycles. The van der Waals surface area contributed by atoms with Crippen molar-refractivity contribution >= 4 is 45.9 Å². The van der Waals surface area contributed by atoms with Crippen molar-refractivity contribution in [1.29, 1.82) is 0 Å². The van der Waals surface area contributed by atoms with Crippen molar-refractivity contribution in [3.05, 3.63) is 117 Å². The molecule has 1 amide bonds. The second kappa shape index (κ2) is 14.0. The Kier molecular flexibility index (Phi) is 9.82. The quantitative estimate of drug-likeness (QED) is 0.167.